The molecule has 19 heavy (non-hydrogen) atoms. The molecular formula is C8H6ClF5N2O2S. The maximum absolute atomic E-state index is 12.8. The van der Waals surface area contributed by atoms with Crippen LogP contribution >= 0.6 is 10.7 Å². The fourth-order valence-electron chi connectivity index (χ4n) is 1.43. The van der Waals surface area contributed by atoms with Gasteiger partial charge in [-0.1, -0.05) is 0 Å². The summed E-state index contributed by atoms with van der Waals surface area (Å²) in [6, 6.07) is 0. The molecule has 0 aliphatic heterocycles. The summed E-state index contributed by atoms with van der Waals surface area (Å²) in [7, 11) is 0.0283. The number of halogens is 6. The Morgan fingerprint density at radius 2 is 1.89 bits per heavy atom. The van der Waals surface area contributed by atoms with E-state index in [-0.39, 0.29) is 0 Å². The fourth-order valence-corrected chi connectivity index (χ4v) is 2.43. The molecule has 0 amide bonds. The van der Waals surface area contributed by atoms with Gasteiger partial charge in [0.15, 0.2) is 0 Å². The molecule has 0 bridgehead atoms. The van der Waals surface area contributed by atoms with Crippen molar-refractivity contribution in [2.24, 2.45) is 5.73 Å². The second-order valence-corrected chi connectivity index (χ2v) is 5.83. The first-order valence-corrected chi connectivity index (χ1v) is 6.83. The number of rotatable bonds is 3. The predicted molar refractivity (Wildman–Crippen MR) is 55.1 cm³/mol. The topological polar surface area (TPSA) is 73.0 Å². The fraction of sp³-hybridized carbons (Fsp3) is 0.375. The minimum atomic E-state index is -5.23. The van der Waals surface area contributed by atoms with Gasteiger partial charge in [0.1, 0.15) is 4.90 Å². The van der Waals surface area contributed by atoms with Crippen molar-refractivity contribution in [2.75, 3.05) is 0 Å². The van der Waals surface area contributed by atoms with Crippen molar-refractivity contribution in [1.82, 2.24) is 4.98 Å². The van der Waals surface area contributed by atoms with Crippen molar-refractivity contribution in [3.05, 3.63) is 23.0 Å². The largest absolute Gasteiger partial charge is 0.418 e. The maximum atomic E-state index is 12.8. The van der Waals surface area contributed by atoms with Gasteiger partial charge in [0.2, 0.25) is 0 Å². The minimum Gasteiger partial charge on any atom is -0.325 e. The zero-order valence-electron chi connectivity index (χ0n) is 8.88. The molecule has 11 heteroatoms. The van der Waals surface area contributed by atoms with Crippen LogP contribution in [0.5, 0.6) is 0 Å². The van der Waals surface area contributed by atoms with E-state index in [1.807, 2.05) is 0 Å². The highest BCUT2D eigenvalue weighted by Crippen LogP contribution is 2.41. The van der Waals surface area contributed by atoms with Gasteiger partial charge in [-0.3, -0.25) is 4.98 Å². The van der Waals surface area contributed by atoms with Crippen LogP contribution in [0.3, 0.4) is 0 Å². The van der Waals surface area contributed by atoms with Gasteiger partial charge in [-0.2, -0.15) is 13.2 Å². The third kappa shape index (κ3) is 3.31. The normalized spacial score (nSPS) is 13.1. The van der Waals surface area contributed by atoms with E-state index in [2.05, 4.69) is 4.98 Å². The quantitative estimate of drug-likeness (QED) is 0.684. The highest BCUT2D eigenvalue weighted by Gasteiger charge is 2.42. The maximum Gasteiger partial charge on any atom is 0.418 e. The first-order valence-electron chi connectivity index (χ1n) is 4.52. The van der Waals surface area contributed by atoms with Gasteiger partial charge in [0.25, 0.3) is 15.5 Å². The Morgan fingerprint density at radius 1 is 1.37 bits per heavy atom. The number of nitrogens with zero attached hydrogens (tertiary/aromatic N) is 1. The van der Waals surface area contributed by atoms with Crippen molar-refractivity contribution in [2.45, 2.75) is 24.0 Å². The van der Waals surface area contributed by atoms with Crippen LogP contribution in [0.15, 0.2) is 11.1 Å². The molecule has 0 aliphatic rings. The van der Waals surface area contributed by atoms with Crippen LogP contribution in [0, 0.1) is 0 Å². The Labute approximate surface area is 108 Å². The van der Waals surface area contributed by atoms with Gasteiger partial charge in [0.05, 0.1) is 16.8 Å². The second-order valence-electron chi connectivity index (χ2n) is 3.30. The third-order valence-electron chi connectivity index (χ3n) is 2.12. The van der Waals surface area contributed by atoms with E-state index in [4.69, 9.17) is 16.4 Å². The molecule has 0 aromatic carbocycles. The van der Waals surface area contributed by atoms with E-state index >= 15 is 0 Å². The van der Waals surface area contributed by atoms with Gasteiger partial charge in [-0.25, -0.2) is 17.2 Å². The highest BCUT2D eigenvalue weighted by molar-refractivity contribution is 8.13. The molecule has 1 aromatic heterocycles. The lowest BCUT2D eigenvalue weighted by Gasteiger charge is -2.17. The first kappa shape index (κ1) is 16.1. The summed E-state index contributed by atoms with van der Waals surface area (Å²) in [5.41, 5.74) is 0.496. The van der Waals surface area contributed by atoms with Crippen molar-refractivity contribution in [1.29, 1.82) is 0 Å². The summed E-state index contributed by atoms with van der Waals surface area (Å²) in [6.45, 7) is -0.781. The van der Waals surface area contributed by atoms with Crippen LogP contribution in [0.1, 0.15) is 23.2 Å². The van der Waals surface area contributed by atoms with Crippen LogP contribution in [0.2, 0.25) is 0 Å². The number of hydrogen-bond acceptors (Lipinski definition) is 4. The number of pyridine rings is 1. The monoisotopic (exact) mass is 324 g/mol. The van der Waals surface area contributed by atoms with E-state index in [0.29, 0.717) is 6.20 Å². The second kappa shape index (κ2) is 5.17. The Hall–Kier alpha value is -1.00. The standard InChI is InChI=1S/C8H6ClF5N2O2S/c9-19(17,18)4-2-16-3(1-15)6(8(12,13)14)5(4)7(10)11/h2,7H,1,15H2. The number of hydrogen-bond donors (Lipinski definition) is 1. The SMILES string of the molecule is NCc1ncc(S(=O)(=O)Cl)c(C(F)F)c1C(F)(F)F. The first-order chi connectivity index (χ1) is 8.50. The van der Waals surface area contributed by atoms with Crippen LogP contribution in [0.4, 0.5) is 22.0 Å². The zero-order chi connectivity index (χ0) is 15.0. The van der Waals surface area contributed by atoms with Crippen LogP contribution < -0.4 is 5.73 Å². The molecule has 1 aromatic rings. The van der Waals surface area contributed by atoms with Crippen LogP contribution in [-0.2, 0) is 21.8 Å². The molecule has 4 nitrogen and oxygen atoms in total. The van der Waals surface area contributed by atoms with Crippen molar-refractivity contribution in [3.8, 4) is 0 Å². The highest BCUT2D eigenvalue weighted by atomic mass is 35.7. The average molecular weight is 325 g/mol. The molecule has 108 valence electrons. The van der Waals surface area contributed by atoms with Crippen LogP contribution in [0.25, 0.3) is 0 Å². The molecule has 1 rings (SSSR count). The smallest absolute Gasteiger partial charge is 0.325 e. The summed E-state index contributed by atoms with van der Waals surface area (Å²) < 4.78 is 85.9. The molecule has 0 atom stereocenters. The molecule has 0 fully saturated rings. The lowest BCUT2D eigenvalue weighted by molar-refractivity contribution is -0.140. The molecule has 1 heterocycles. The molecule has 0 aliphatic carbocycles. The van der Waals surface area contributed by atoms with Crippen LogP contribution in [-0.4, -0.2) is 13.4 Å². The lowest BCUT2D eigenvalue weighted by Crippen LogP contribution is -2.19. The number of nitrogens with two attached hydrogens (primary N) is 1. The van der Waals surface area contributed by atoms with E-state index in [9.17, 15) is 30.4 Å². The van der Waals surface area contributed by atoms with E-state index < -0.39 is 49.9 Å². The van der Waals surface area contributed by atoms with Crippen molar-refractivity contribution >= 4 is 19.7 Å². The lowest BCUT2D eigenvalue weighted by atomic mass is 10.1. The molecular weight excluding hydrogens is 319 g/mol. The summed E-state index contributed by atoms with van der Waals surface area (Å²) in [4.78, 5) is 1.75. The van der Waals surface area contributed by atoms with Crippen molar-refractivity contribution < 1.29 is 30.4 Å². The predicted octanol–water partition coefficient (Wildman–Crippen LogP) is 2.42. The Morgan fingerprint density at radius 3 is 2.21 bits per heavy atom. The molecule has 0 spiro atoms. The van der Waals surface area contributed by atoms with E-state index in [1.165, 1.54) is 0 Å². The van der Waals surface area contributed by atoms with Crippen molar-refractivity contribution in [3.63, 3.8) is 0 Å². The zero-order valence-corrected chi connectivity index (χ0v) is 10.5. The summed E-state index contributed by atoms with van der Waals surface area (Å²) in [6.07, 6.45) is -8.60. The Kier molecular flexibility index (Phi) is 4.37. The molecule has 0 radical (unpaired) electrons. The third-order valence-corrected chi connectivity index (χ3v) is 3.47. The van der Waals surface area contributed by atoms with E-state index in [1.54, 1.807) is 0 Å². The Balaban J connectivity index is 3.85. The van der Waals surface area contributed by atoms with Gasteiger partial charge in [-0.15, -0.1) is 0 Å². The minimum absolute atomic E-state index is 0.335. The molecule has 0 saturated heterocycles. The average Bonchev–Trinajstić information content (AvgIpc) is 2.24. The molecule has 2 N–H and O–H groups in total. The summed E-state index contributed by atoms with van der Waals surface area (Å²) >= 11 is 0. The number of aromatic nitrogens is 1. The van der Waals surface area contributed by atoms with Gasteiger partial charge >= 0.3 is 6.18 Å². The van der Waals surface area contributed by atoms with Gasteiger partial charge < -0.3 is 5.73 Å². The summed E-state index contributed by atoms with van der Waals surface area (Å²) in [5.74, 6) is 0. The van der Waals surface area contributed by atoms with Gasteiger partial charge in [0, 0.05) is 23.4 Å². The summed E-state index contributed by atoms with van der Waals surface area (Å²) in [5, 5.41) is 0. The Bertz CT molecular complexity index is 588. The molecule has 0 unspecified atom stereocenters. The van der Waals surface area contributed by atoms with E-state index in [0.717, 1.165) is 0 Å². The molecule has 0 saturated carbocycles. The number of alkyl halides is 5. The van der Waals surface area contributed by atoms with Gasteiger partial charge in [-0.05, 0) is 0 Å².